The summed E-state index contributed by atoms with van der Waals surface area (Å²) in [5, 5.41) is 20.2. The summed E-state index contributed by atoms with van der Waals surface area (Å²) < 4.78 is 0. The van der Waals surface area contributed by atoms with Gasteiger partial charge in [0.15, 0.2) is 0 Å². The van der Waals surface area contributed by atoms with Crippen molar-refractivity contribution in [3.05, 3.63) is 22.8 Å². The molecule has 0 atom stereocenters. The molecule has 0 radical (unpaired) electrons. The molecule has 17 heavy (non-hydrogen) atoms. The lowest BCUT2D eigenvalue weighted by Crippen LogP contribution is -1.98. The molecule has 2 heteroatoms. The van der Waals surface area contributed by atoms with Crippen LogP contribution in [0.3, 0.4) is 0 Å². The van der Waals surface area contributed by atoms with Crippen LogP contribution < -0.4 is 0 Å². The Morgan fingerprint density at radius 2 is 1.65 bits per heavy atom. The van der Waals surface area contributed by atoms with Crippen LogP contribution in [0.2, 0.25) is 0 Å². The lowest BCUT2D eigenvalue weighted by atomic mass is 9.94. The first-order valence-corrected chi connectivity index (χ1v) is 6.71. The second kappa shape index (κ2) is 6.53. The van der Waals surface area contributed by atoms with E-state index in [1.807, 2.05) is 13.8 Å². The third-order valence-corrected chi connectivity index (χ3v) is 3.34. The molecule has 0 saturated carbocycles. The third-order valence-electron chi connectivity index (χ3n) is 3.34. The van der Waals surface area contributed by atoms with Gasteiger partial charge in [-0.3, -0.25) is 0 Å². The zero-order valence-electron chi connectivity index (χ0n) is 11.2. The molecular weight excluding hydrogens is 212 g/mol. The maximum absolute atomic E-state index is 10.1. The lowest BCUT2D eigenvalue weighted by molar-refractivity contribution is 0.442. The van der Waals surface area contributed by atoms with Crippen molar-refractivity contribution in [1.82, 2.24) is 0 Å². The predicted octanol–water partition coefficient (Wildman–Crippen LogP) is 3.96. The molecule has 0 saturated heterocycles. The molecule has 0 spiro atoms. The Morgan fingerprint density at radius 3 is 2.18 bits per heavy atom. The average Bonchev–Trinajstić information content (AvgIpc) is 2.33. The van der Waals surface area contributed by atoms with E-state index in [9.17, 15) is 10.2 Å². The minimum absolute atomic E-state index is 0.354. The van der Waals surface area contributed by atoms with E-state index in [1.165, 1.54) is 12.8 Å². The van der Waals surface area contributed by atoms with Gasteiger partial charge in [-0.05, 0) is 37.3 Å². The SMILES string of the molecule is CCCCCc1c(O)cc(CC)c(O)c1CC. The topological polar surface area (TPSA) is 40.5 Å². The van der Waals surface area contributed by atoms with Crippen LogP contribution in [0.15, 0.2) is 6.07 Å². The van der Waals surface area contributed by atoms with E-state index < -0.39 is 0 Å². The number of aromatic hydroxyl groups is 2. The summed E-state index contributed by atoms with van der Waals surface area (Å²) in [7, 11) is 0. The van der Waals surface area contributed by atoms with Crippen LogP contribution >= 0.6 is 0 Å². The highest BCUT2D eigenvalue weighted by atomic mass is 16.3. The molecule has 0 heterocycles. The molecule has 0 amide bonds. The summed E-state index contributed by atoms with van der Waals surface area (Å²) in [6.07, 6.45) is 5.79. The van der Waals surface area contributed by atoms with Gasteiger partial charge in [0.05, 0.1) is 0 Å². The van der Waals surface area contributed by atoms with Gasteiger partial charge in [-0.15, -0.1) is 0 Å². The Bertz CT molecular complexity index is 370. The minimum atomic E-state index is 0.354. The highest BCUT2D eigenvalue weighted by Crippen LogP contribution is 2.34. The van der Waals surface area contributed by atoms with Gasteiger partial charge >= 0.3 is 0 Å². The maximum Gasteiger partial charge on any atom is 0.122 e. The molecule has 2 N–H and O–H groups in total. The van der Waals surface area contributed by atoms with Crippen molar-refractivity contribution in [3.8, 4) is 11.5 Å². The van der Waals surface area contributed by atoms with Gasteiger partial charge in [0, 0.05) is 11.1 Å². The Labute approximate surface area is 104 Å². The summed E-state index contributed by atoms with van der Waals surface area (Å²) >= 11 is 0. The second-order valence-electron chi connectivity index (χ2n) is 4.52. The normalized spacial score (nSPS) is 10.8. The molecule has 2 nitrogen and oxygen atoms in total. The summed E-state index contributed by atoms with van der Waals surface area (Å²) in [4.78, 5) is 0. The molecule has 0 aromatic heterocycles. The zero-order valence-corrected chi connectivity index (χ0v) is 11.2. The van der Waals surface area contributed by atoms with E-state index in [0.717, 1.165) is 42.4 Å². The Morgan fingerprint density at radius 1 is 0.941 bits per heavy atom. The number of benzene rings is 1. The quantitative estimate of drug-likeness (QED) is 0.580. The van der Waals surface area contributed by atoms with Gasteiger partial charge in [-0.2, -0.15) is 0 Å². The standard InChI is InChI=1S/C15H24O2/c1-4-7-8-9-13-12(6-3)15(17)11(5-2)10-14(13)16/h10,16-17H,4-9H2,1-3H3. The van der Waals surface area contributed by atoms with E-state index in [-0.39, 0.29) is 0 Å². The Kier molecular flexibility index (Phi) is 5.33. The molecule has 0 fully saturated rings. The van der Waals surface area contributed by atoms with Crippen LogP contribution in [0.25, 0.3) is 0 Å². The molecular formula is C15H24O2. The summed E-state index contributed by atoms with van der Waals surface area (Å²) in [5.41, 5.74) is 2.71. The maximum atomic E-state index is 10.1. The van der Waals surface area contributed by atoms with Gasteiger partial charge in [-0.1, -0.05) is 33.6 Å². The predicted molar refractivity (Wildman–Crippen MR) is 71.8 cm³/mol. The largest absolute Gasteiger partial charge is 0.508 e. The van der Waals surface area contributed by atoms with Crippen LogP contribution in [-0.2, 0) is 19.3 Å². The van der Waals surface area contributed by atoms with E-state index in [0.29, 0.717) is 11.5 Å². The van der Waals surface area contributed by atoms with Gasteiger partial charge in [0.1, 0.15) is 11.5 Å². The molecule has 1 rings (SSSR count). The fourth-order valence-electron chi connectivity index (χ4n) is 2.29. The van der Waals surface area contributed by atoms with Gasteiger partial charge < -0.3 is 10.2 Å². The van der Waals surface area contributed by atoms with Crippen molar-refractivity contribution in [2.24, 2.45) is 0 Å². The van der Waals surface area contributed by atoms with E-state index in [1.54, 1.807) is 6.07 Å². The number of hydrogen-bond donors (Lipinski definition) is 2. The average molecular weight is 236 g/mol. The molecule has 0 aliphatic carbocycles. The van der Waals surface area contributed by atoms with Crippen molar-refractivity contribution in [2.45, 2.75) is 59.3 Å². The first kappa shape index (κ1) is 13.9. The third kappa shape index (κ3) is 3.15. The smallest absolute Gasteiger partial charge is 0.122 e. The fraction of sp³-hybridized carbons (Fsp3) is 0.600. The molecule has 0 aliphatic heterocycles. The number of aryl methyl sites for hydroxylation is 1. The van der Waals surface area contributed by atoms with Crippen LogP contribution in [0.4, 0.5) is 0 Å². The minimum Gasteiger partial charge on any atom is -0.508 e. The summed E-state index contributed by atoms with van der Waals surface area (Å²) in [6.45, 7) is 6.18. The van der Waals surface area contributed by atoms with Crippen molar-refractivity contribution < 1.29 is 10.2 Å². The molecule has 1 aromatic rings. The number of phenols is 2. The summed E-state index contributed by atoms with van der Waals surface area (Å²) in [6, 6.07) is 1.72. The molecule has 0 aliphatic rings. The number of rotatable bonds is 6. The molecule has 0 bridgehead atoms. The summed E-state index contributed by atoms with van der Waals surface area (Å²) in [5.74, 6) is 0.743. The highest BCUT2D eigenvalue weighted by molar-refractivity contribution is 5.52. The van der Waals surface area contributed by atoms with Crippen LogP contribution in [0, 0.1) is 0 Å². The van der Waals surface area contributed by atoms with E-state index in [2.05, 4.69) is 6.92 Å². The van der Waals surface area contributed by atoms with Crippen LogP contribution in [-0.4, -0.2) is 10.2 Å². The van der Waals surface area contributed by atoms with Crippen molar-refractivity contribution in [2.75, 3.05) is 0 Å². The number of hydrogen-bond acceptors (Lipinski definition) is 2. The van der Waals surface area contributed by atoms with Crippen LogP contribution in [0.1, 0.15) is 56.7 Å². The zero-order chi connectivity index (χ0) is 12.8. The monoisotopic (exact) mass is 236 g/mol. The first-order valence-electron chi connectivity index (χ1n) is 6.71. The first-order chi connectivity index (χ1) is 8.15. The van der Waals surface area contributed by atoms with Gasteiger partial charge in [0.25, 0.3) is 0 Å². The van der Waals surface area contributed by atoms with E-state index in [4.69, 9.17) is 0 Å². The second-order valence-corrected chi connectivity index (χ2v) is 4.52. The Hall–Kier alpha value is -1.18. The highest BCUT2D eigenvalue weighted by Gasteiger charge is 2.14. The van der Waals surface area contributed by atoms with E-state index >= 15 is 0 Å². The number of phenolic OH excluding ortho intramolecular Hbond substituents is 2. The fourth-order valence-corrected chi connectivity index (χ4v) is 2.29. The van der Waals surface area contributed by atoms with Gasteiger partial charge in [-0.25, -0.2) is 0 Å². The number of unbranched alkanes of at least 4 members (excludes halogenated alkanes) is 2. The molecule has 1 aromatic carbocycles. The Balaban J connectivity index is 3.06. The van der Waals surface area contributed by atoms with Crippen molar-refractivity contribution >= 4 is 0 Å². The van der Waals surface area contributed by atoms with Crippen molar-refractivity contribution in [1.29, 1.82) is 0 Å². The molecule has 0 unspecified atom stereocenters. The van der Waals surface area contributed by atoms with Crippen LogP contribution in [0.5, 0.6) is 11.5 Å². The van der Waals surface area contributed by atoms with Crippen molar-refractivity contribution in [3.63, 3.8) is 0 Å². The van der Waals surface area contributed by atoms with Gasteiger partial charge in [0.2, 0.25) is 0 Å². The molecule has 96 valence electrons. The lowest BCUT2D eigenvalue weighted by Gasteiger charge is -2.15.